The maximum Gasteiger partial charge on any atom is 0.161 e. The van der Waals surface area contributed by atoms with Crippen LogP contribution in [0.3, 0.4) is 0 Å². The van der Waals surface area contributed by atoms with E-state index in [1.807, 2.05) is 0 Å². The van der Waals surface area contributed by atoms with Gasteiger partial charge >= 0.3 is 0 Å². The second-order valence-electron chi connectivity index (χ2n) is 4.48. The summed E-state index contributed by atoms with van der Waals surface area (Å²) in [6, 6.07) is 1.61. The molecule has 0 unspecified atom stereocenters. The fourth-order valence-electron chi connectivity index (χ4n) is 2.32. The number of aliphatic hydroxyl groups is 2. The van der Waals surface area contributed by atoms with Gasteiger partial charge < -0.3 is 25.3 Å². The molecule has 3 atom stereocenters. The molecule has 1 fully saturated rings. The van der Waals surface area contributed by atoms with Crippen LogP contribution in [0.25, 0.3) is 11.0 Å². The molecular formula is C11H13ClN4O3. The molecule has 1 saturated heterocycles. The highest BCUT2D eigenvalue weighted by atomic mass is 35.5. The van der Waals surface area contributed by atoms with E-state index in [4.69, 9.17) is 27.2 Å². The first-order valence-electron chi connectivity index (χ1n) is 5.83. The van der Waals surface area contributed by atoms with E-state index in [0.717, 1.165) is 0 Å². The van der Waals surface area contributed by atoms with E-state index in [1.54, 1.807) is 10.6 Å². The average Bonchev–Trinajstić information content (AvgIpc) is 2.92. The van der Waals surface area contributed by atoms with Crippen LogP contribution >= 0.6 is 11.6 Å². The van der Waals surface area contributed by atoms with Crippen LogP contribution in [0.2, 0.25) is 5.15 Å². The average molecular weight is 285 g/mol. The normalized spacial score (nSPS) is 27.2. The number of fused-ring (bicyclic) bond motifs is 1. The molecule has 8 heteroatoms. The molecule has 3 heterocycles. The van der Waals surface area contributed by atoms with Crippen molar-refractivity contribution in [2.45, 2.75) is 24.9 Å². The lowest BCUT2D eigenvalue weighted by Gasteiger charge is -2.17. The molecule has 0 radical (unpaired) electrons. The summed E-state index contributed by atoms with van der Waals surface area (Å²) in [5.41, 5.74) is 6.89. The molecule has 4 N–H and O–H groups in total. The third-order valence-corrected chi connectivity index (χ3v) is 3.39. The molecule has 0 aliphatic carbocycles. The van der Waals surface area contributed by atoms with Crippen molar-refractivity contribution in [3.05, 3.63) is 17.5 Å². The molecule has 0 bridgehead atoms. The molecular weight excluding hydrogens is 272 g/mol. The molecule has 3 rings (SSSR count). The summed E-state index contributed by atoms with van der Waals surface area (Å²) < 4.78 is 7.23. The lowest BCUT2D eigenvalue weighted by molar-refractivity contribution is -0.0484. The third kappa shape index (κ3) is 2.04. The number of ether oxygens (including phenoxy) is 1. The van der Waals surface area contributed by atoms with Crippen LogP contribution in [-0.2, 0) is 4.74 Å². The van der Waals surface area contributed by atoms with Gasteiger partial charge in [0.25, 0.3) is 0 Å². The monoisotopic (exact) mass is 284 g/mol. The number of aromatic nitrogens is 3. The topological polar surface area (TPSA) is 106 Å². The maximum atomic E-state index is 10.00. The molecule has 7 nitrogen and oxygen atoms in total. The smallest absolute Gasteiger partial charge is 0.161 e. The Balaban J connectivity index is 2.06. The Bertz CT molecular complexity index is 617. The van der Waals surface area contributed by atoms with Gasteiger partial charge in [-0.15, -0.1) is 0 Å². The van der Waals surface area contributed by atoms with Gasteiger partial charge in [-0.1, -0.05) is 11.6 Å². The summed E-state index contributed by atoms with van der Waals surface area (Å²) in [6.07, 6.45) is 0.178. The predicted octanol–water partition coefficient (Wildman–Crippen LogP) is 0.308. The van der Waals surface area contributed by atoms with Gasteiger partial charge in [-0.05, 0) is 0 Å². The van der Waals surface area contributed by atoms with Gasteiger partial charge in [0.1, 0.15) is 16.8 Å². The quantitative estimate of drug-likeness (QED) is 0.685. The number of aliphatic hydroxyl groups excluding tert-OH is 2. The summed E-state index contributed by atoms with van der Waals surface area (Å²) in [6.45, 7) is -0.134. The third-order valence-electron chi connectivity index (χ3n) is 3.20. The van der Waals surface area contributed by atoms with E-state index < -0.39 is 12.3 Å². The molecule has 2 aromatic heterocycles. The highest BCUT2D eigenvalue weighted by Crippen LogP contribution is 2.32. The number of anilines is 1. The van der Waals surface area contributed by atoms with Gasteiger partial charge in [0.15, 0.2) is 12.0 Å². The van der Waals surface area contributed by atoms with Crippen molar-refractivity contribution in [3.63, 3.8) is 0 Å². The van der Waals surface area contributed by atoms with Crippen molar-refractivity contribution in [3.8, 4) is 0 Å². The van der Waals surface area contributed by atoms with Crippen molar-refractivity contribution < 1.29 is 14.9 Å². The van der Waals surface area contributed by atoms with Gasteiger partial charge in [-0.2, -0.15) is 0 Å². The minimum atomic E-state index is -0.720. The van der Waals surface area contributed by atoms with Gasteiger partial charge in [0.05, 0.1) is 24.6 Å². The SMILES string of the molecule is Nc1nc(Cl)cc2c1ncn2[C@H]1O[C@H](CO)C[C@H]1O. The van der Waals surface area contributed by atoms with Crippen molar-refractivity contribution in [1.29, 1.82) is 0 Å². The number of pyridine rings is 1. The Morgan fingerprint density at radius 3 is 3.05 bits per heavy atom. The number of nitrogens with zero attached hydrogens (tertiary/aromatic N) is 3. The fourth-order valence-corrected chi connectivity index (χ4v) is 2.52. The Labute approximate surface area is 113 Å². The molecule has 2 aromatic rings. The van der Waals surface area contributed by atoms with Crippen LogP contribution in [0.5, 0.6) is 0 Å². The number of halogens is 1. The highest BCUT2D eigenvalue weighted by Gasteiger charge is 2.35. The van der Waals surface area contributed by atoms with Crippen LogP contribution in [-0.4, -0.2) is 43.6 Å². The number of rotatable bonds is 2. The summed E-state index contributed by atoms with van der Waals surface area (Å²) in [5, 5.41) is 19.3. The van der Waals surface area contributed by atoms with Crippen molar-refractivity contribution in [2.75, 3.05) is 12.3 Å². The zero-order chi connectivity index (χ0) is 13.6. The first-order chi connectivity index (χ1) is 9.10. The molecule has 1 aliphatic heterocycles. The first kappa shape index (κ1) is 12.6. The minimum absolute atomic E-state index is 0.134. The Morgan fingerprint density at radius 1 is 1.58 bits per heavy atom. The van der Waals surface area contributed by atoms with Crippen LogP contribution in [0.1, 0.15) is 12.6 Å². The van der Waals surface area contributed by atoms with E-state index in [0.29, 0.717) is 17.5 Å². The lowest BCUT2D eigenvalue weighted by atomic mass is 10.2. The number of imidazole rings is 1. The lowest BCUT2D eigenvalue weighted by Crippen LogP contribution is -2.18. The Hall–Kier alpha value is -1.41. The maximum absolute atomic E-state index is 10.00. The Kier molecular flexibility index (Phi) is 3.06. The van der Waals surface area contributed by atoms with Gasteiger partial charge in [-0.3, -0.25) is 0 Å². The number of hydrogen-bond donors (Lipinski definition) is 3. The Morgan fingerprint density at radius 2 is 2.37 bits per heavy atom. The van der Waals surface area contributed by atoms with Gasteiger partial charge in [-0.25, -0.2) is 9.97 Å². The molecule has 0 spiro atoms. The largest absolute Gasteiger partial charge is 0.394 e. The molecule has 1 aliphatic rings. The van der Waals surface area contributed by atoms with Crippen LogP contribution < -0.4 is 5.73 Å². The standard InChI is InChI=1S/C11H13ClN4O3/c12-8-2-6-9(10(13)15-8)14-4-16(6)11-7(18)1-5(3-17)19-11/h2,4-5,7,11,17-18H,1,3H2,(H2,13,15)/t5-,7+,11-/m0/s1. The molecule has 0 amide bonds. The minimum Gasteiger partial charge on any atom is -0.394 e. The summed E-state index contributed by atoms with van der Waals surface area (Å²) >= 11 is 5.88. The summed E-state index contributed by atoms with van der Waals surface area (Å²) in [5.74, 6) is 0.229. The molecule has 102 valence electrons. The van der Waals surface area contributed by atoms with Gasteiger partial charge in [0, 0.05) is 12.5 Å². The van der Waals surface area contributed by atoms with E-state index in [9.17, 15) is 5.11 Å². The highest BCUT2D eigenvalue weighted by molar-refractivity contribution is 6.30. The number of hydrogen-bond acceptors (Lipinski definition) is 6. The zero-order valence-corrected chi connectivity index (χ0v) is 10.7. The van der Waals surface area contributed by atoms with Crippen molar-refractivity contribution >= 4 is 28.5 Å². The zero-order valence-electron chi connectivity index (χ0n) is 9.90. The van der Waals surface area contributed by atoms with Crippen molar-refractivity contribution in [1.82, 2.24) is 14.5 Å². The van der Waals surface area contributed by atoms with E-state index in [-0.39, 0.29) is 23.7 Å². The van der Waals surface area contributed by atoms with Gasteiger partial charge in [0.2, 0.25) is 0 Å². The summed E-state index contributed by atoms with van der Waals surface area (Å²) in [7, 11) is 0. The molecule has 0 saturated carbocycles. The first-order valence-corrected chi connectivity index (χ1v) is 6.21. The van der Waals surface area contributed by atoms with Crippen LogP contribution in [0.15, 0.2) is 12.4 Å². The number of nitrogen functional groups attached to an aromatic ring is 1. The van der Waals surface area contributed by atoms with Crippen molar-refractivity contribution in [2.24, 2.45) is 0 Å². The number of nitrogens with two attached hydrogens (primary N) is 1. The second kappa shape index (κ2) is 4.61. The van der Waals surface area contributed by atoms with E-state index in [1.165, 1.54) is 6.33 Å². The second-order valence-corrected chi connectivity index (χ2v) is 4.87. The van der Waals surface area contributed by atoms with Crippen LogP contribution in [0.4, 0.5) is 5.82 Å². The molecule has 0 aromatic carbocycles. The molecule has 19 heavy (non-hydrogen) atoms. The van der Waals surface area contributed by atoms with Crippen LogP contribution in [0, 0.1) is 0 Å². The summed E-state index contributed by atoms with van der Waals surface area (Å²) in [4.78, 5) is 8.07. The van der Waals surface area contributed by atoms with E-state index in [2.05, 4.69) is 9.97 Å². The fraction of sp³-hybridized carbons (Fsp3) is 0.455. The predicted molar refractivity (Wildman–Crippen MR) is 68.6 cm³/mol. The van der Waals surface area contributed by atoms with E-state index >= 15 is 0 Å².